The third kappa shape index (κ3) is 6.67. The van der Waals surface area contributed by atoms with E-state index < -0.39 is 11.8 Å². The highest BCUT2D eigenvalue weighted by atomic mass is 35.5. The topological polar surface area (TPSA) is 133 Å². The number of hydrogen-bond acceptors (Lipinski definition) is 9. The summed E-state index contributed by atoms with van der Waals surface area (Å²) in [6.07, 6.45) is 3.20. The van der Waals surface area contributed by atoms with Crippen molar-refractivity contribution in [3.8, 4) is 11.1 Å². The van der Waals surface area contributed by atoms with Crippen molar-refractivity contribution < 1.29 is 9.18 Å². The quantitative estimate of drug-likeness (QED) is 0.306. The molecule has 3 aromatic heterocycles. The Morgan fingerprint density at radius 3 is 2.33 bits per heavy atom. The Hall–Kier alpha value is -4.36. The number of anilines is 4. The van der Waals surface area contributed by atoms with Crippen LogP contribution in [0.5, 0.6) is 0 Å². The first kappa shape index (κ1) is 31.6. The standard InChI is InChI=1S/C29H35FN10O2.ClH/c1-29(2,3)26-32-16-22(24(36-26)40-11-9-38(5)10-12-40)35-28(42)34-21-14-17(7-8-20(21)30)19-13-18-15-33-27(31-4)37-23(18)39(6)25(19)41;/h7-8,13-16H,9-12H2,1-6H3,(H,31,33,37)(H2,34,35,42);1H. The molecule has 14 heteroatoms. The van der Waals surface area contributed by atoms with Crippen molar-refractivity contribution in [2.75, 3.05) is 61.1 Å². The lowest BCUT2D eigenvalue weighted by Gasteiger charge is -2.34. The molecular formula is C29H36ClFN10O2. The summed E-state index contributed by atoms with van der Waals surface area (Å²) in [5.41, 5.74) is 0.943. The van der Waals surface area contributed by atoms with Crippen LogP contribution in [0.15, 0.2) is 41.5 Å². The van der Waals surface area contributed by atoms with Crippen molar-refractivity contribution in [1.82, 2.24) is 29.4 Å². The van der Waals surface area contributed by atoms with Gasteiger partial charge in [-0.3, -0.25) is 9.36 Å². The van der Waals surface area contributed by atoms with E-state index in [2.05, 4.69) is 47.7 Å². The molecule has 3 N–H and O–H groups in total. The number of pyridine rings is 1. The lowest BCUT2D eigenvalue weighted by atomic mass is 9.96. The van der Waals surface area contributed by atoms with Gasteiger partial charge in [0.05, 0.1) is 11.9 Å². The predicted molar refractivity (Wildman–Crippen MR) is 170 cm³/mol. The fourth-order valence-corrected chi connectivity index (χ4v) is 4.72. The molecule has 0 aliphatic carbocycles. The lowest BCUT2D eigenvalue weighted by Crippen LogP contribution is -2.45. The van der Waals surface area contributed by atoms with E-state index in [1.54, 1.807) is 32.6 Å². The molecule has 1 aromatic carbocycles. The van der Waals surface area contributed by atoms with Gasteiger partial charge in [-0.25, -0.2) is 24.1 Å². The summed E-state index contributed by atoms with van der Waals surface area (Å²) in [5.74, 6) is 1.02. The maximum atomic E-state index is 14.9. The Balaban J connectivity index is 0.00000423. The highest BCUT2D eigenvalue weighted by Crippen LogP contribution is 2.29. The van der Waals surface area contributed by atoms with E-state index in [0.717, 1.165) is 26.2 Å². The number of halogens is 2. The molecular weight excluding hydrogens is 575 g/mol. The van der Waals surface area contributed by atoms with Gasteiger partial charge in [-0.15, -0.1) is 12.4 Å². The van der Waals surface area contributed by atoms with Gasteiger partial charge < -0.3 is 25.8 Å². The highest BCUT2D eigenvalue weighted by Gasteiger charge is 2.25. The first-order valence-corrected chi connectivity index (χ1v) is 13.7. The third-order valence-corrected chi connectivity index (χ3v) is 7.19. The number of amides is 2. The third-order valence-electron chi connectivity index (χ3n) is 7.19. The number of carbonyl (C=O) groups is 1. The molecule has 0 radical (unpaired) electrons. The average Bonchev–Trinajstić information content (AvgIpc) is 2.96. The molecule has 1 aliphatic heterocycles. The van der Waals surface area contributed by atoms with E-state index in [1.807, 2.05) is 20.8 Å². The van der Waals surface area contributed by atoms with Crippen LogP contribution in [0.2, 0.25) is 0 Å². The van der Waals surface area contributed by atoms with E-state index in [9.17, 15) is 14.0 Å². The number of piperazine rings is 1. The molecule has 1 fully saturated rings. The minimum Gasteiger partial charge on any atom is -0.357 e. The Labute approximate surface area is 255 Å². The monoisotopic (exact) mass is 610 g/mol. The number of nitrogens with zero attached hydrogens (tertiary/aromatic N) is 7. The van der Waals surface area contributed by atoms with E-state index >= 15 is 0 Å². The zero-order chi connectivity index (χ0) is 30.2. The molecule has 1 aliphatic rings. The number of fused-ring (bicyclic) bond motifs is 1. The smallest absolute Gasteiger partial charge is 0.323 e. The number of aromatic nitrogens is 5. The Bertz CT molecular complexity index is 1710. The van der Waals surface area contributed by atoms with Crippen LogP contribution in [-0.4, -0.2) is 75.7 Å². The SMILES string of the molecule is CNc1ncc2cc(-c3ccc(F)c(NC(=O)Nc4cnc(C(C)(C)C)nc4N4CCN(C)CC4)c3)c(=O)n(C)c2n1.Cl. The van der Waals surface area contributed by atoms with Crippen molar-refractivity contribution in [2.24, 2.45) is 7.05 Å². The van der Waals surface area contributed by atoms with E-state index in [4.69, 9.17) is 4.98 Å². The second kappa shape index (κ2) is 12.5. The summed E-state index contributed by atoms with van der Waals surface area (Å²) in [5, 5.41) is 8.88. The number of benzene rings is 1. The zero-order valence-electron chi connectivity index (χ0n) is 25.0. The van der Waals surface area contributed by atoms with Gasteiger partial charge in [0.1, 0.15) is 23.0 Å². The number of aryl methyl sites for hydroxylation is 1. The van der Waals surface area contributed by atoms with Crippen LogP contribution >= 0.6 is 12.4 Å². The maximum absolute atomic E-state index is 14.9. The highest BCUT2D eigenvalue weighted by molar-refractivity contribution is 6.01. The average molecular weight is 611 g/mol. The van der Waals surface area contributed by atoms with Crippen LogP contribution in [0, 0.1) is 5.82 Å². The van der Waals surface area contributed by atoms with Crippen LogP contribution in [0.1, 0.15) is 26.6 Å². The van der Waals surface area contributed by atoms with Crippen LogP contribution in [-0.2, 0) is 12.5 Å². The van der Waals surface area contributed by atoms with Gasteiger partial charge in [0.15, 0.2) is 5.82 Å². The second-order valence-electron chi connectivity index (χ2n) is 11.4. The van der Waals surface area contributed by atoms with Crippen molar-refractivity contribution in [3.05, 3.63) is 58.7 Å². The summed E-state index contributed by atoms with van der Waals surface area (Å²) in [7, 11) is 5.37. The van der Waals surface area contributed by atoms with Gasteiger partial charge in [-0.05, 0) is 30.8 Å². The number of carbonyl (C=O) groups excluding carboxylic acids is 1. The summed E-state index contributed by atoms with van der Waals surface area (Å²) in [6, 6.07) is 5.14. The number of rotatable bonds is 5. The minimum atomic E-state index is -0.659. The van der Waals surface area contributed by atoms with Crippen LogP contribution in [0.25, 0.3) is 22.2 Å². The molecule has 0 bridgehead atoms. The van der Waals surface area contributed by atoms with Gasteiger partial charge in [0.2, 0.25) is 5.95 Å². The first-order chi connectivity index (χ1) is 19.9. The molecule has 12 nitrogen and oxygen atoms in total. The molecule has 0 unspecified atom stereocenters. The Morgan fingerprint density at radius 2 is 1.65 bits per heavy atom. The molecule has 1 saturated heterocycles. The molecule has 4 heterocycles. The van der Waals surface area contributed by atoms with Crippen LogP contribution < -0.4 is 26.4 Å². The fourth-order valence-electron chi connectivity index (χ4n) is 4.72. The first-order valence-electron chi connectivity index (χ1n) is 13.7. The Morgan fingerprint density at radius 1 is 0.953 bits per heavy atom. The van der Waals surface area contributed by atoms with Gasteiger partial charge in [-0.1, -0.05) is 26.8 Å². The zero-order valence-corrected chi connectivity index (χ0v) is 25.8. The molecule has 4 aromatic rings. The van der Waals surface area contributed by atoms with E-state index in [1.165, 1.54) is 22.8 Å². The minimum absolute atomic E-state index is 0. The molecule has 0 spiro atoms. The normalized spacial score (nSPS) is 13.9. The lowest BCUT2D eigenvalue weighted by molar-refractivity contribution is 0.262. The molecule has 2 amide bonds. The number of nitrogens with one attached hydrogen (secondary N) is 3. The van der Waals surface area contributed by atoms with Gasteiger partial charge in [-0.2, -0.15) is 4.98 Å². The summed E-state index contributed by atoms with van der Waals surface area (Å²) < 4.78 is 16.3. The van der Waals surface area contributed by atoms with Crippen molar-refractivity contribution >= 4 is 52.6 Å². The number of hydrogen-bond donors (Lipinski definition) is 3. The number of urea groups is 1. The summed E-state index contributed by atoms with van der Waals surface area (Å²) in [6.45, 7) is 9.28. The maximum Gasteiger partial charge on any atom is 0.323 e. The molecule has 0 saturated carbocycles. The van der Waals surface area contributed by atoms with Crippen LogP contribution in [0.4, 0.5) is 32.3 Å². The number of likely N-dealkylation sites (N-methyl/N-ethyl adjacent to an activating group) is 1. The van der Waals surface area contributed by atoms with E-state index in [0.29, 0.717) is 45.4 Å². The molecule has 5 rings (SSSR count). The van der Waals surface area contributed by atoms with Crippen molar-refractivity contribution in [2.45, 2.75) is 26.2 Å². The summed E-state index contributed by atoms with van der Waals surface area (Å²) in [4.78, 5) is 48.6. The van der Waals surface area contributed by atoms with Gasteiger partial charge >= 0.3 is 6.03 Å². The van der Waals surface area contributed by atoms with Crippen molar-refractivity contribution in [3.63, 3.8) is 0 Å². The van der Waals surface area contributed by atoms with E-state index in [-0.39, 0.29) is 29.1 Å². The summed E-state index contributed by atoms with van der Waals surface area (Å²) >= 11 is 0. The van der Waals surface area contributed by atoms with Gasteiger partial charge in [0, 0.05) is 62.8 Å². The fraction of sp³-hybridized carbons (Fsp3) is 0.379. The Kier molecular flexibility index (Phi) is 9.16. The second-order valence-corrected chi connectivity index (χ2v) is 11.4. The molecule has 0 atom stereocenters. The van der Waals surface area contributed by atoms with Gasteiger partial charge in [0.25, 0.3) is 5.56 Å². The molecule has 43 heavy (non-hydrogen) atoms. The predicted octanol–water partition coefficient (Wildman–Crippen LogP) is 4.08. The van der Waals surface area contributed by atoms with Crippen LogP contribution in [0.3, 0.4) is 0 Å². The molecule has 228 valence electrons. The largest absolute Gasteiger partial charge is 0.357 e. The van der Waals surface area contributed by atoms with Crippen molar-refractivity contribution in [1.29, 1.82) is 0 Å².